The summed E-state index contributed by atoms with van der Waals surface area (Å²) in [6, 6.07) is 13.3. The number of para-hydroxylation sites is 1. The molecule has 21 heavy (non-hydrogen) atoms. The summed E-state index contributed by atoms with van der Waals surface area (Å²) in [4.78, 5) is 4.41. The molecule has 0 fully saturated rings. The number of anilines is 2. The number of nitrogens with zero attached hydrogens (tertiary/aromatic N) is 3. The van der Waals surface area contributed by atoms with Gasteiger partial charge in [0.25, 0.3) is 0 Å². The van der Waals surface area contributed by atoms with E-state index in [1.807, 2.05) is 42.5 Å². The second-order valence-corrected chi connectivity index (χ2v) is 4.55. The fraction of sp³-hybridized carbons (Fsp3) is 0.133. The summed E-state index contributed by atoms with van der Waals surface area (Å²) in [6.45, 7) is 0.564. The minimum absolute atomic E-state index is 0.489. The Hall–Kier alpha value is -2.89. The van der Waals surface area contributed by atoms with Crippen LogP contribution in [-0.4, -0.2) is 22.3 Å². The van der Waals surface area contributed by atoms with Crippen molar-refractivity contribution < 1.29 is 4.74 Å². The van der Waals surface area contributed by atoms with Crippen LogP contribution in [0.2, 0.25) is 0 Å². The largest absolute Gasteiger partial charge is 0.495 e. The summed E-state index contributed by atoms with van der Waals surface area (Å²) in [7, 11) is 1.60. The lowest BCUT2D eigenvalue weighted by atomic mass is 10.2. The summed E-state index contributed by atoms with van der Waals surface area (Å²) in [5.41, 5.74) is 9.09. The number of nitrogen functional groups attached to an aromatic ring is 1. The highest BCUT2D eigenvalue weighted by atomic mass is 16.5. The van der Waals surface area contributed by atoms with E-state index in [1.165, 1.54) is 0 Å². The number of ether oxygens (including phenoxy) is 1. The zero-order valence-electron chi connectivity index (χ0n) is 11.6. The zero-order valence-corrected chi connectivity index (χ0v) is 11.6. The number of aromatic nitrogens is 3. The minimum atomic E-state index is 0.489. The van der Waals surface area contributed by atoms with E-state index in [1.54, 1.807) is 7.11 Å². The first-order chi connectivity index (χ1) is 10.3. The molecule has 0 amide bonds. The monoisotopic (exact) mass is 281 g/mol. The Labute approximate surface area is 122 Å². The highest BCUT2D eigenvalue weighted by Crippen LogP contribution is 2.22. The molecule has 3 rings (SSSR count). The zero-order chi connectivity index (χ0) is 14.7. The molecule has 6 heteroatoms. The predicted octanol–water partition coefficient (Wildman–Crippen LogP) is 2.23. The molecule has 6 nitrogen and oxygen atoms in total. The summed E-state index contributed by atoms with van der Waals surface area (Å²) < 4.78 is 5.13. The molecule has 106 valence electrons. The molecule has 3 N–H and O–H groups in total. The normalized spacial score (nSPS) is 10.5. The fourth-order valence-corrected chi connectivity index (χ4v) is 2.03. The Morgan fingerprint density at radius 2 is 1.90 bits per heavy atom. The maximum Gasteiger partial charge on any atom is 0.243 e. The van der Waals surface area contributed by atoms with Gasteiger partial charge in [-0.1, -0.05) is 18.2 Å². The Morgan fingerprint density at radius 1 is 1.10 bits per heavy atom. The van der Waals surface area contributed by atoms with Crippen molar-refractivity contribution in [2.45, 2.75) is 6.54 Å². The average Bonchev–Trinajstić information content (AvgIpc) is 2.53. The number of nitrogens with one attached hydrogen (secondary N) is 1. The van der Waals surface area contributed by atoms with Crippen LogP contribution in [0, 0.1) is 0 Å². The third-order valence-electron chi connectivity index (χ3n) is 3.11. The van der Waals surface area contributed by atoms with Gasteiger partial charge in [-0.15, -0.1) is 10.2 Å². The molecule has 0 saturated carbocycles. The number of hydrogen-bond donors (Lipinski definition) is 2. The molecule has 0 aliphatic heterocycles. The summed E-state index contributed by atoms with van der Waals surface area (Å²) in [5.74, 6) is 1.16. The topological polar surface area (TPSA) is 86.0 Å². The number of rotatable bonds is 4. The first-order valence-electron chi connectivity index (χ1n) is 6.52. The lowest BCUT2D eigenvalue weighted by molar-refractivity contribution is 0.417. The smallest absolute Gasteiger partial charge is 0.243 e. The minimum Gasteiger partial charge on any atom is -0.495 e. The van der Waals surface area contributed by atoms with Gasteiger partial charge in [0, 0.05) is 6.54 Å². The molecule has 1 aromatic heterocycles. The van der Waals surface area contributed by atoms with Crippen molar-refractivity contribution in [1.29, 1.82) is 0 Å². The Morgan fingerprint density at radius 3 is 2.67 bits per heavy atom. The van der Waals surface area contributed by atoms with Crippen molar-refractivity contribution in [2.75, 3.05) is 18.2 Å². The second-order valence-electron chi connectivity index (χ2n) is 4.55. The van der Waals surface area contributed by atoms with E-state index in [-0.39, 0.29) is 0 Å². The van der Waals surface area contributed by atoms with Crippen molar-refractivity contribution in [3.63, 3.8) is 0 Å². The van der Waals surface area contributed by atoms with Gasteiger partial charge in [-0.3, -0.25) is 0 Å². The van der Waals surface area contributed by atoms with Crippen LogP contribution >= 0.6 is 0 Å². The first-order valence-corrected chi connectivity index (χ1v) is 6.52. The van der Waals surface area contributed by atoms with Crippen LogP contribution in [0.5, 0.6) is 5.75 Å². The first kappa shape index (κ1) is 13.1. The van der Waals surface area contributed by atoms with Crippen LogP contribution < -0.4 is 15.8 Å². The van der Waals surface area contributed by atoms with Gasteiger partial charge in [0.2, 0.25) is 5.95 Å². The number of fused-ring (bicyclic) bond motifs is 1. The molecular formula is C15H15N5O. The standard InChI is InChI=1S/C15H15N5O/c1-21-14-7-6-10(8-11(14)16)9-17-15-18-12-4-2-3-5-13(12)19-20-15/h2-8H,9,16H2,1H3,(H,17,18,20). The van der Waals surface area contributed by atoms with Gasteiger partial charge < -0.3 is 15.8 Å². The highest BCUT2D eigenvalue weighted by Gasteiger charge is 2.03. The summed E-state index contributed by atoms with van der Waals surface area (Å²) in [5, 5.41) is 11.3. The van der Waals surface area contributed by atoms with E-state index in [2.05, 4.69) is 20.5 Å². The van der Waals surface area contributed by atoms with Crippen molar-refractivity contribution in [1.82, 2.24) is 15.2 Å². The maximum atomic E-state index is 5.88. The van der Waals surface area contributed by atoms with Gasteiger partial charge >= 0.3 is 0 Å². The second kappa shape index (κ2) is 5.62. The molecule has 3 aromatic rings. The Bertz CT molecular complexity index is 775. The van der Waals surface area contributed by atoms with E-state index < -0.39 is 0 Å². The van der Waals surface area contributed by atoms with E-state index in [0.29, 0.717) is 23.9 Å². The fourth-order valence-electron chi connectivity index (χ4n) is 2.03. The van der Waals surface area contributed by atoms with Crippen LogP contribution in [-0.2, 0) is 6.54 Å². The maximum absolute atomic E-state index is 5.88. The lowest BCUT2D eigenvalue weighted by Gasteiger charge is -2.08. The van der Waals surface area contributed by atoms with E-state index in [0.717, 1.165) is 16.6 Å². The van der Waals surface area contributed by atoms with Crippen LogP contribution in [0.4, 0.5) is 11.6 Å². The SMILES string of the molecule is COc1ccc(CNc2nnc3ccccc3n2)cc1N. The van der Waals surface area contributed by atoms with Crippen LogP contribution in [0.3, 0.4) is 0 Å². The summed E-state index contributed by atoms with van der Waals surface area (Å²) in [6.07, 6.45) is 0. The third kappa shape index (κ3) is 2.84. The number of hydrogen-bond acceptors (Lipinski definition) is 6. The molecule has 0 aliphatic carbocycles. The van der Waals surface area contributed by atoms with E-state index in [4.69, 9.17) is 10.5 Å². The number of benzene rings is 2. The molecule has 0 atom stereocenters. The van der Waals surface area contributed by atoms with E-state index in [9.17, 15) is 0 Å². The van der Waals surface area contributed by atoms with Gasteiger partial charge in [-0.05, 0) is 29.8 Å². The average molecular weight is 281 g/mol. The van der Waals surface area contributed by atoms with Crippen molar-refractivity contribution in [3.8, 4) is 5.75 Å². The molecule has 1 heterocycles. The Kier molecular flexibility index (Phi) is 3.51. The van der Waals surface area contributed by atoms with Gasteiger partial charge in [0.15, 0.2) is 0 Å². The van der Waals surface area contributed by atoms with Crippen LogP contribution in [0.15, 0.2) is 42.5 Å². The molecule has 0 saturated heterocycles. The highest BCUT2D eigenvalue weighted by molar-refractivity contribution is 5.74. The molecular weight excluding hydrogens is 266 g/mol. The van der Waals surface area contributed by atoms with Crippen molar-refractivity contribution >= 4 is 22.7 Å². The van der Waals surface area contributed by atoms with Gasteiger partial charge in [0.1, 0.15) is 11.3 Å². The quantitative estimate of drug-likeness (QED) is 0.713. The molecule has 0 unspecified atom stereocenters. The van der Waals surface area contributed by atoms with Gasteiger partial charge in [0.05, 0.1) is 18.3 Å². The molecule has 0 bridgehead atoms. The predicted molar refractivity (Wildman–Crippen MR) is 82.1 cm³/mol. The third-order valence-corrected chi connectivity index (χ3v) is 3.11. The Balaban J connectivity index is 1.75. The van der Waals surface area contributed by atoms with Crippen LogP contribution in [0.25, 0.3) is 11.0 Å². The molecule has 2 aromatic carbocycles. The van der Waals surface area contributed by atoms with Crippen molar-refractivity contribution in [3.05, 3.63) is 48.0 Å². The number of methoxy groups -OCH3 is 1. The lowest BCUT2D eigenvalue weighted by Crippen LogP contribution is -2.05. The van der Waals surface area contributed by atoms with Crippen LogP contribution in [0.1, 0.15) is 5.56 Å². The molecule has 0 radical (unpaired) electrons. The van der Waals surface area contributed by atoms with Gasteiger partial charge in [-0.2, -0.15) is 0 Å². The molecule has 0 spiro atoms. The van der Waals surface area contributed by atoms with Gasteiger partial charge in [-0.25, -0.2) is 4.98 Å². The van der Waals surface area contributed by atoms with E-state index >= 15 is 0 Å². The number of nitrogens with two attached hydrogens (primary N) is 1. The summed E-state index contributed by atoms with van der Waals surface area (Å²) >= 11 is 0. The van der Waals surface area contributed by atoms with Crippen molar-refractivity contribution in [2.24, 2.45) is 0 Å². The molecule has 0 aliphatic rings.